The Balaban J connectivity index is 2.30. The molecule has 2 atom stereocenters. The van der Waals surface area contributed by atoms with Crippen LogP contribution in [0, 0.1) is 15.9 Å². The first-order valence-corrected chi connectivity index (χ1v) is 5.93. The Labute approximate surface area is 105 Å². The summed E-state index contributed by atoms with van der Waals surface area (Å²) < 4.78 is 13.9. The number of piperazine rings is 1. The molecular weight excluding hydrogens is 237 g/mol. The summed E-state index contributed by atoms with van der Waals surface area (Å²) in [4.78, 5) is 11.9. The van der Waals surface area contributed by atoms with Crippen molar-refractivity contribution in [1.29, 1.82) is 0 Å². The number of nitrogens with one attached hydrogen (secondary N) is 1. The zero-order chi connectivity index (χ0) is 13.3. The maximum absolute atomic E-state index is 13.9. The predicted molar refractivity (Wildman–Crippen MR) is 67.3 cm³/mol. The van der Waals surface area contributed by atoms with Crippen LogP contribution in [0.2, 0.25) is 0 Å². The number of non-ortho nitro benzene ring substituents is 1. The lowest BCUT2D eigenvalue weighted by atomic mass is 10.1. The van der Waals surface area contributed by atoms with E-state index in [9.17, 15) is 14.5 Å². The number of halogens is 1. The molecule has 5 nitrogen and oxygen atoms in total. The van der Waals surface area contributed by atoms with Gasteiger partial charge < -0.3 is 10.2 Å². The van der Waals surface area contributed by atoms with E-state index in [-0.39, 0.29) is 17.8 Å². The van der Waals surface area contributed by atoms with Gasteiger partial charge in [-0.15, -0.1) is 0 Å². The number of nitro benzene ring substituents is 1. The number of benzene rings is 1. The molecular formula is C12H16FN3O2. The number of anilines is 1. The minimum Gasteiger partial charge on any atom is -0.364 e. The average Bonchev–Trinajstić information content (AvgIpc) is 2.32. The molecule has 18 heavy (non-hydrogen) atoms. The van der Waals surface area contributed by atoms with Crippen LogP contribution in [0.15, 0.2) is 18.2 Å². The summed E-state index contributed by atoms with van der Waals surface area (Å²) in [7, 11) is 0. The van der Waals surface area contributed by atoms with Crippen molar-refractivity contribution < 1.29 is 9.31 Å². The van der Waals surface area contributed by atoms with Crippen molar-refractivity contribution in [2.24, 2.45) is 0 Å². The molecule has 0 radical (unpaired) electrons. The number of hydrogen-bond donors (Lipinski definition) is 1. The lowest BCUT2D eigenvalue weighted by molar-refractivity contribution is -0.385. The van der Waals surface area contributed by atoms with Gasteiger partial charge in [0.25, 0.3) is 5.69 Å². The summed E-state index contributed by atoms with van der Waals surface area (Å²) in [6.45, 7) is 5.50. The molecule has 1 heterocycles. The normalized spacial score (nSPS) is 24.1. The topological polar surface area (TPSA) is 58.4 Å². The van der Waals surface area contributed by atoms with Gasteiger partial charge in [0.05, 0.1) is 16.7 Å². The Morgan fingerprint density at radius 2 is 2.22 bits per heavy atom. The van der Waals surface area contributed by atoms with Crippen LogP contribution in [-0.4, -0.2) is 30.1 Å². The van der Waals surface area contributed by atoms with Crippen molar-refractivity contribution in [2.45, 2.75) is 25.9 Å². The number of hydrogen-bond acceptors (Lipinski definition) is 4. The maximum Gasteiger partial charge on any atom is 0.272 e. The van der Waals surface area contributed by atoms with Gasteiger partial charge in [0.2, 0.25) is 0 Å². The smallest absolute Gasteiger partial charge is 0.272 e. The van der Waals surface area contributed by atoms with E-state index in [4.69, 9.17) is 0 Å². The van der Waals surface area contributed by atoms with Crippen LogP contribution in [0.5, 0.6) is 0 Å². The van der Waals surface area contributed by atoms with Crippen LogP contribution in [0.1, 0.15) is 13.8 Å². The van der Waals surface area contributed by atoms with Crippen LogP contribution in [-0.2, 0) is 0 Å². The summed E-state index contributed by atoms with van der Waals surface area (Å²) in [5.41, 5.74) is 0.216. The monoisotopic (exact) mass is 253 g/mol. The number of rotatable bonds is 2. The van der Waals surface area contributed by atoms with Gasteiger partial charge in [0, 0.05) is 31.2 Å². The van der Waals surface area contributed by atoms with Crippen molar-refractivity contribution >= 4 is 11.4 Å². The highest BCUT2D eigenvalue weighted by molar-refractivity contribution is 5.53. The van der Waals surface area contributed by atoms with Crippen molar-refractivity contribution in [3.8, 4) is 0 Å². The fraction of sp³-hybridized carbons (Fsp3) is 0.500. The second-order valence-electron chi connectivity index (χ2n) is 4.70. The van der Waals surface area contributed by atoms with Crippen molar-refractivity contribution in [3.63, 3.8) is 0 Å². The Kier molecular flexibility index (Phi) is 3.47. The highest BCUT2D eigenvalue weighted by Crippen LogP contribution is 2.26. The summed E-state index contributed by atoms with van der Waals surface area (Å²) >= 11 is 0. The second-order valence-corrected chi connectivity index (χ2v) is 4.70. The Morgan fingerprint density at radius 3 is 2.83 bits per heavy atom. The Hall–Kier alpha value is -1.69. The molecule has 1 saturated heterocycles. The molecule has 2 rings (SSSR count). The Bertz CT molecular complexity index is 467. The van der Waals surface area contributed by atoms with Gasteiger partial charge in [-0.2, -0.15) is 0 Å². The van der Waals surface area contributed by atoms with E-state index in [1.807, 2.05) is 18.7 Å². The fourth-order valence-corrected chi connectivity index (χ4v) is 2.20. The third kappa shape index (κ3) is 2.43. The van der Waals surface area contributed by atoms with E-state index in [2.05, 4.69) is 5.32 Å². The molecule has 1 aliphatic rings. The first-order chi connectivity index (χ1) is 8.49. The standard InChI is InChI=1S/C12H16FN3O2/c1-8-7-15(9(2)6-14-8)12-4-3-10(16(17)18)5-11(12)13/h3-5,8-9,14H,6-7H2,1-2H3. The molecule has 6 heteroatoms. The van der Waals surface area contributed by atoms with Gasteiger partial charge in [-0.3, -0.25) is 10.1 Å². The lowest BCUT2D eigenvalue weighted by Crippen LogP contribution is -2.54. The third-order valence-corrected chi connectivity index (χ3v) is 3.22. The predicted octanol–water partition coefficient (Wildman–Crippen LogP) is 1.92. The van der Waals surface area contributed by atoms with Crippen LogP contribution in [0.3, 0.4) is 0 Å². The lowest BCUT2D eigenvalue weighted by Gasteiger charge is -2.39. The molecule has 0 bridgehead atoms. The average molecular weight is 253 g/mol. The van der Waals surface area contributed by atoms with E-state index in [1.54, 1.807) is 0 Å². The SMILES string of the molecule is CC1CN(c2ccc([N+](=O)[O-])cc2F)C(C)CN1. The van der Waals surface area contributed by atoms with Gasteiger partial charge in [-0.25, -0.2) is 4.39 Å². The molecule has 1 N–H and O–H groups in total. The van der Waals surface area contributed by atoms with Gasteiger partial charge in [-0.05, 0) is 19.9 Å². The summed E-state index contributed by atoms with van der Waals surface area (Å²) in [5, 5.41) is 13.9. The van der Waals surface area contributed by atoms with Crippen LogP contribution in [0.4, 0.5) is 15.8 Å². The molecule has 1 aliphatic heterocycles. The van der Waals surface area contributed by atoms with Crippen LogP contribution in [0.25, 0.3) is 0 Å². The highest BCUT2D eigenvalue weighted by Gasteiger charge is 2.25. The first kappa shape index (κ1) is 12.8. The summed E-state index contributed by atoms with van der Waals surface area (Å²) in [6.07, 6.45) is 0. The van der Waals surface area contributed by atoms with Gasteiger partial charge in [-0.1, -0.05) is 0 Å². The van der Waals surface area contributed by atoms with E-state index in [0.29, 0.717) is 12.2 Å². The van der Waals surface area contributed by atoms with Gasteiger partial charge >= 0.3 is 0 Å². The molecule has 0 amide bonds. The van der Waals surface area contributed by atoms with Gasteiger partial charge in [0.1, 0.15) is 0 Å². The van der Waals surface area contributed by atoms with Crippen LogP contribution < -0.4 is 10.2 Å². The fourth-order valence-electron chi connectivity index (χ4n) is 2.20. The zero-order valence-corrected chi connectivity index (χ0v) is 10.4. The van der Waals surface area contributed by atoms with Gasteiger partial charge in [0.15, 0.2) is 5.82 Å². The minimum atomic E-state index is -0.587. The largest absolute Gasteiger partial charge is 0.364 e. The molecule has 0 spiro atoms. The zero-order valence-electron chi connectivity index (χ0n) is 10.4. The quantitative estimate of drug-likeness (QED) is 0.646. The molecule has 98 valence electrons. The summed E-state index contributed by atoms with van der Waals surface area (Å²) in [6, 6.07) is 4.25. The minimum absolute atomic E-state index is 0.164. The van der Waals surface area contributed by atoms with Crippen molar-refractivity contribution in [3.05, 3.63) is 34.1 Å². The highest BCUT2D eigenvalue weighted by atomic mass is 19.1. The van der Waals surface area contributed by atoms with E-state index in [1.165, 1.54) is 12.1 Å². The molecule has 0 aliphatic carbocycles. The second kappa shape index (κ2) is 4.89. The molecule has 1 aromatic rings. The van der Waals surface area contributed by atoms with E-state index in [0.717, 1.165) is 12.6 Å². The van der Waals surface area contributed by atoms with E-state index >= 15 is 0 Å². The Morgan fingerprint density at radius 1 is 1.50 bits per heavy atom. The van der Waals surface area contributed by atoms with Crippen molar-refractivity contribution in [2.75, 3.05) is 18.0 Å². The molecule has 2 unspecified atom stereocenters. The summed E-state index contributed by atoms with van der Waals surface area (Å²) in [5.74, 6) is -0.537. The first-order valence-electron chi connectivity index (χ1n) is 5.93. The molecule has 0 saturated carbocycles. The van der Waals surface area contributed by atoms with E-state index < -0.39 is 10.7 Å². The molecule has 1 aromatic carbocycles. The van der Waals surface area contributed by atoms with Crippen LogP contribution >= 0.6 is 0 Å². The van der Waals surface area contributed by atoms with Crippen molar-refractivity contribution in [1.82, 2.24) is 5.32 Å². The third-order valence-electron chi connectivity index (χ3n) is 3.22. The number of nitrogens with zero attached hydrogens (tertiary/aromatic N) is 2. The number of nitro groups is 1. The molecule has 0 aromatic heterocycles. The molecule has 1 fully saturated rings. The maximum atomic E-state index is 13.9.